The van der Waals surface area contributed by atoms with E-state index in [-0.39, 0.29) is 0 Å². The average molecular weight is 250 g/mol. The lowest BCUT2D eigenvalue weighted by Gasteiger charge is -1.94. The van der Waals surface area contributed by atoms with Gasteiger partial charge in [-0.05, 0) is 34.1 Å². The van der Waals surface area contributed by atoms with Crippen LogP contribution in [0.25, 0.3) is 0 Å². The summed E-state index contributed by atoms with van der Waals surface area (Å²) in [5, 5.41) is 0. The Morgan fingerprint density at radius 3 is 2.33 bits per heavy atom. The Hall–Kier alpha value is -0.0200. The molecule has 0 bridgehead atoms. The van der Waals surface area contributed by atoms with E-state index in [1.165, 1.54) is 0 Å². The molecule has 1 rings (SSSR count). The predicted molar refractivity (Wildman–Crippen MR) is 44.6 cm³/mol. The highest BCUT2D eigenvalue weighted by Crippen LogP contribution is 2.23. The summed E-state index contributed by atoms with van der Waals surface area (Å²) in [6.45, 7) is 0. The van der Waals surface area contributed by atoms with Crippen molar-refractivity contribution in [3.05, 3.63) is 27.1 Å². The fraction of sp³-hybridized carbons (Fsp3) is 0. The molecule has 0 amide bonds. The Morgan fingerprint density at radius 2 is 1.89 bits per heavy atom. The van der Waals surface area contributed by atoms with Crippen LogP contribution in [0.5, 0.6) is 0 Å². The van der Waals surface area contributed by atoms with Crippen LogP contribution in [0.15, 0.2) is 27.1 Å². The SMILES string of the molecule is [NH]c1cc(Br)ccc1Br. The van der Waals surface area contributed by atoms with Crippen LogP contribution >= 0.6 is 31.9 Å². The van der Waals surface area contributed by atoms with Gasteiger partial charge in [0.15, 0.2) is 0 Å². The molecule has 1 aromatic carbocycles. The van der Waals surface area contributed by atoms with E-state index in [4.69, 9.17) is 5.73 Å². The van der Waals surface area contributed by atoms with Gasteiger partial charge in [-0.1, -0.05) is 15.9 Å². The van der Waals surface area contributed by atoms with Crippen LogP contribution in [0, 0.1) is 0 Å². The van der Waals surface area contributed by atoms with E-state index in [0.717, 1.165) is 8.95 Å². The Labute approximate surface area is 70.5 Å². The lowest BCUT2D eigenvalue weighted by atomic mass is 10.3. The van der Waals surface area contributed by atoms with E-state index in [0.29, 0.717) is 5.69 Å². The van der Waals surface area contributed by atoms with Crippen molar-refractivity contribution in [2.24, 2.45) is 0 Å². The number of nitrogens with one attached hydrogen (secondary N) is 1. The van der Waals surface area contributed by atoms with Gasteiger partial charge in [-0.2, -0.15) is 0 Å². The minimum atomic E-state index is 0.504. The molecule has 1 radical (unpaired) electrons. The third-order valence-electron chi connectivity index (χ3n) is 0.928. The van der Waals surface area contributed by atoms with Crippen molar-refractivity contribution >= 4 is 37.5 Å². The van der Waals surface area contributed by atoms with Gasteiger partial charge in [-0.3, -0.25) is 5.73 Å². The van der Waals surface area contributed by atoms with E-state index in [1.54, 1.807) is 6.07 Å². The first-order chi connectivity index (χ1) is 4.20. The molecule has 1 aromatic rings. The molecule has 47 valence electrons. The molecule has 0 spiro atoms. The van der Waals surface area contributed by atoms with Crippen LogP contribution in [-0.4, -0.2) is 0 Å². The quantitative estimate of drug-likeness (QED) is 0.675. The van der Waals surface area contributed by atoms with Crippen molar-refractivity contribution in [3.8, 4) is 0 Å². The Balaban J connectivity index is 3.17. The summed E-state index contributed by atoms with van der Waals surface area (Å²) >= 11 is 6.48. The first-order valence-corrected chi connectivity index (χ1v) is 3.95. The number of hydrogen-bond acceptors (Lipinski definition) is 0. The molecular formula is C6H4Br2N. The van der Waals surface area contributed by atoms with Crippen LogP contribution in [0.1, 0.15) is 0 Å². The highest BCUT2D eigenvalue weighted by molar-refractivity contribution is 9.11. The van der Waals surface area contributed by atoms with Crippen molar-refractivity contribution in [1.82, 2.24) is 5.73 Å². The number of halogens is 2. The Morgan fingerprint density at radius 1 is 1.22 bits per heavy atom. The fourth-order valence-electron chi connectivity index (χ4n) is 0.497. The van der Waals surface area contributed by atoms with E-state index < -0.39 is 0 Å². The van der Waals surface area contributed by atoms with Gasteiger partial charge >= 0.3 is 0 Å². The molecule has 0 aliphatic heterocycles. The zero-order valence-electron chi connectivity index (χ0n) is 4.49. The fourth-order valence-corrected chi connectivity index (χ4v) is 1.11. The summed E-state index contributed by atoms with van der Waals surface area (Å²) < 4.78 is 1.77. The normalized spacial score (nSPS) is 9.56. The van der Waals surface area contributed by atoms with Crippen molar-refractivity contribution in [2.45, 2.75) is 0 Å². The third-order valence-corrected chi connectivity index (χ3v) is 2.11. The molecule has 9 heavy (non-hydrogen) atoms. The molecule has 1 N–H and O–H groups in total. The third kappa shape index (κ3) is 1.69. The molecule has 3 heteroatoms. The summed E-state index contributed by atoms with van der Waals surface area (Å²) in [5.74, 6) is 0. The molecule has 0 heterocycles. The van der Waals surface area contributed by atoms with Gasteiger partial charge in [0.1, 0.15) is 0 Å². The summed E-state index contributed by atoms with van der Waals surface area (Å²) in [7, 11) is 0. The summed E-state index contributed by atoms with van der Waals surface area (Å²) in [6, 6.07) is 5.47. The summed E-state index contributed by atoms with van der Waals surface area (Å²) in [4.78, 5) is 0. The van der Waals surface area contributed by atoms with Gasteiger partial charge in [-0.15, -0.1) is 0 Å². The molecule has 0 aliphatic carbocycles. The van der Waals surface area contributed by atoms with Crippen LogP contribution in [0.3, 0.4) is 0 Å². The number of rotatable bonds is 0. The Kier molecular flexibility index (Phi) is 2.13. The van der Waals surface area contributed by atoms with Crippen molar-refractivity contribution in [3.63, 3.8) is 0 Å². The molecule has 1 nitrogen and oxygen atoms in total. The average Bonchev–Trinajstić information content (AvgIpc) is 1.80. The van der Waals surface area contributed by atoms with E-state index >= 15 is 0 Å². The predicted octanol–water partition coefficient (Wildman–Crippen LogP) is 3.13. The van der Waals surface area contributed by atoms with Gasteiger partial charge in [-0.25, -0.2) is 0 Å². The minimum Gasteiger partial charge on any atom is -0.300 e. The second-order valence-corrected chi connectivity index (χ2v) is 3.39. The summed E-state index contributed by atoms with van der Waals surface area (Å²) in [5.41, 5.74) is 7.79. The topological polar surface area (TPSA) is 23.8 Å². The monoisotopic (exact) mass is 248 g/mol. The molecule has 0 atom stereocenters. The van der Waals surface area contributed by atoms with E-state index in [1.807, 2.05) is 12.1 Å². The molecule has 0 unspecified atom stereocenters. The van der Waals surface area contributed by atoms with Crippen LogP contribution < -0.4 is 5.73 Å². The second kappa shape index (κ2) is 2.71. The van der Waals surface area contributed by atoms with E-state index in [9.17, 15) is 0 Å². The van der Waals surface area contributed by atoms with Gasteiger partial charge < -0.3 is 0 Å². The van der Waals surface area contributed by atoms with Gasteiger partial charge in [0, 0.05) is 8.95 Å². The zero-order valence-corrected chi connectivity index (χ0v) is 7.66. The standard InChI is InChI=1S/C6H4Br2N/c7-4-1-2-5(8)6(9)3-4/h1-3,9H. The maximum Gasteiger partial charge on any atom is 0.0693 e. The molecular weight excluding hydrogens is 246 g/mol. The maximum absolute atomic E-state index is 7.28. The molecule has 0 fully saturated rings. The van der Waals surface area contributed by atoms with Crippen LogP contribution in [0.4, 0.5) is 5.69 Å². The lowest BCUT2D eigenvalue weighted by Crippen LogP contribution is -1.71. The highest BCUT2D eigenvalue weighted by Gasteiger charge is 1.93. The number of benzene rings is 1. The first kappa shape index (κ1) is 7.09. The lowest BCUT2D eigenvalue weighted by molar-refractivity contribution is 1.44. The van der Waals surface area contributed by atoms with Gasteiger partial charge in [0.05, 0.1) is 5.69 Å². The molecule has 0 saturated heterocycles. The van der Waals surface area contributed by atoms with Crippen molar-refractivity contribution < 1.29 is 0 Å². The molecule has 0 aliphatic rings. The second-order valence-electron chi connectivity index (χ2n) is 1.62. The smallest absolute Gasteiger partial charge is 0.0693 e. The zero-order chi connectivity index (χ0) is 6.85. The molecule has 0 saturated carbocycles. The largest absolute Gasteiger partial charge is 0.300 e. The van der Waals surface area contributed by atoms with Crippen molar-refractivity contribution in [2.75, 3.05) is 0 Å². The van der Waals surface area contributed by atoms with Gasteiger partial charge in [0.2, 0.25) is 0 Å². The van der Waals surface area contributed by atoms with E-state index in [2.05, 4.69) is 31.9 Å². The highest BCUT2D eigenvalue weighted by atomic mass is 79.9. The molecule has 0 aromatic heterocycles. The van der Waals surface area contributed by atoms with Crippen LogP contribution in [-0.2, 0) is 0 Å². The number of hydrogen-bond donors (Lipinski definition) is 0. The van der Waals surface area contributed by atoms with Gasteiger partial charge in [0.25, 0.3) is 0 Å². The first-order valence-electron chi connectivity index (χ1n) is 2.37. The van der Waals surface area contributed by atoms with Crippen molar-refractivity contribution in [1.29, 1.82) is 0 Å². The summed E-state index contributed by atoms with van der Waals surface area (Å²) in [6.07, 6.45) is 0. The minimum absolute atomic E-state index is 0.504. The Bertz CT molecular complexity index is 222. The van der Waals surface area contributed by atoms with Crippen LogP contribution in [0.2, 0.25) is 0 Å². The maximum atomic E-state index is 7.28.